The Bertz CT molecular complexity index is 1180. The van der Waals surface area contributed by atoms with E-state index in [0.717, 1.165) is 0 Å². The molecule has 1 amide bonds. The van der Waals surface area contributed by atoms with Crippen LogP contribution in [0.5, 0.6) is 17.2 Å². The predicted octanol–water partition coefficient (Wildman–Crippen LogP) is 3.35. The molecule has 1 N–H and O–H groups in total. The van der Waals surface area contributed by atoms with Crippen molar-refractivity contribution in [3.05, 3.63) is 94.0 Å². The molecule has 0 radical (unpaired) electrons. The molecule has 168 valence electrons. The topological polar surface area (TPSA) is 129 Å². The number of ether oxygens (including phenoxy) is 3. The van der Waals surface area contributed by atoms with E-state index in [-0.39, 0.29) is 23.6 Å². The van der Waals surface area contributed by atoms with Crippen molar-refractivity contribution in [3.8, 4) is 17.2 Å². The molecule has 0 unspecified atom stereocenters. The molecule has 0 atom stereocenters. The van der Waals surface area contributed by atoms with Crippen LogP contribution in [0.1, 0.15) is 15.9 Å². The van der Waals surface area contributed by atoms with E-state index in [4.69, 9.17) is 14.2 Å². The third-order valence-electron chi connectivity index (χ3n) is 4.26. The van der Waals surface area contributed by atoms with Gasteiger partial charge in [0.1, 0.15) is 5.75 Å². The van der Waals surface area contributed by atoms with Gasteiger partial charge in [-0.15, -0.1) is 0 Å². The van der Waals surface area contributed by atoms with Crippen LogP contribution in [-0.2, 0) is 4.79 Å². The van der Waals surface area contributed by atoms with E-state index in [0.29, 0.717) is 17.1 Å². The Morgan fingerprint density at radius 1 is 0.970 bits per heavy atom. The number of nitro benzene ring substituents is 1. The first-order valence-corrected chi connectivity index (χ1v) is 9.61. The number of hydrogen-bond donors (Lipinski definition) is 1. The van der Waals surface area contributed by atoms with E-state index in [1.807, 2.05) is 0 Å². The number of rotatable bonds is 9. The fourth-order valence-corrected chi connectivity index (χ4v) is 2.65. The minimum Gasteiger partial charge on any atom is -0.493 e. The Balaban J connectivity index is 1.58. The maximum absolute atomic E-state index is 12.4. The SMILES string of the molecule is COc1ccccc1OCC(=O)N/N=C\c1ccccc1OC(=O)c1ccc([N+](=O)[O-])cc1. The van der Waals surface area contributed by atoms with Crippen molar-refractivity contribution in [2.75, 3.05) is 13.7 Å². The Morgan fingerprint density at radius 3 is 2.27 bits per heavy atom. The molecule has 0 aliphatic carbocycles. The van der Waals surface area contributed by atoms with Crippen LogP contribution in [0.3, 0.4) is 0 Å². The largest absolute Gasteiger partial charge is 0.493 e. The standard InChI is InChI=1S/C23H19N3O7/c1-31-20-8-4-5-9-21(20)32-15-22(27)25-24-14-17-6-2-3-7-19(17)33-23(28)16-10-12-18(13-11-16)26(29)30/h2-14H,15H2,1H3,(H,25,27)/b24-14-. The summed E-state index contributed by atoms with van der Waals surface area (Å²) in [5.41, 5.74) is 2.77. The van der Waals surface area contributed by atoms with E-state index < -0.39 is 16.8 Å². The minimum absolute atomic E-state index is 0.135. The zero-order valence-electron chi connectivity index (χ0n) is 17.5. The van der Waals surface area contributed by atoms with Crippen molar-refractivity contribution >= 4 is 23.8 Å². The monoisotopic (exact) mass is 449 g/mol. The molecule has 0 bridgehead atoms. The van der Waals surface area contributed by atoms with Crippen LogP contribution in [0.2, 0.25) is 0 Å². The number of nitro groups is 1. The van der Waals surface area contributed by atoms with Crippen molar-refractivity contribution < 1.29 is 28.7 Å². The van der Waals surface area contributed by atoms with Gasteiger partial charge in [0.25, 0.3) is 11.6 Å². The van der Waals surface area contributed by atoms with Gasteiger partial charge >= 0.3 is 5.97 Å². The lowest BCUT2D eigenvalue weighted by molar-refractivity contribution is -0.384. The van der Waals surface area contributed by atoms with Crippen LogP contribution in [0, 0.1) is 10.1 Å². The highest BCUT2D eigenvalue weighted by Gasteiger charge is 2.13. The summed E-state index contributed by atoms with van der Waals surface area (Å²) in [6.07, 6.45) is 1.32. The number of methoxy groups -OCH3 is 1. The zero-order chi connectivity index (χ0) is 23.6. The number of benzene rings is 3. The van der Waals surface area contributed by atoms with Crippen molar-refractivity contribution in [2.24, 2.45) is 5.10 Å². The average molecular weight is 449 g/mol. The molecular weight excluding hydrogens is 430 g/mol. The van der Waals surface area contributed by atoms with E-state index in [1.165, 1.54) is 37.6 Å². The highest BCUT2D eigenvalue weighted by Crippen LogP contribution is 2.25. The molecule has 3 rings (SSSR count). The van der Waals surface area contributed by atoms with Gasteiger partial charge in [0, 0.05) is 17.7 Å². The van der Waals surface area contributed by atoms with Crippen LogP contribution >= 0.6 is 0 Å². The molecule has 10 heteroatoms. The number of nitrogens with zero attached hydrogens (tertiary/aromatic N) is 2. The predicted molar refractivity (Wildman–Crippen MR) is 119 cm³/mol. The lowest BCUT2D eigenvalue weighted by Gasteiger charge is -2.09. The quantitative estimate of drug-likeness (QED) is 0.174. The number of hydrazone groups is 1. The summed E-state index contributed by atoms with van der Waals surface area (Å²) in [4.78, 5) is 34.6. The summed E-state index contributed by atoms with van der Waals surface area (Å²) in [7, 11) is 1.50. The van der Waals surface area contributed by atoms with Gasteiger partial charge in [0.05, 0.1) is 23.8 Å². The number of nitrogens with one attached hydrogen (secondary N) is 1. The minimum atomic E-state index is -0.694. The second-order valence-corrected chi connectivity index (χ2v) is 6.46. The summed E-state index contributed by atoms with van der Waals surface area (Å²) >= 11 is 0. The van der Waals surface area contributed by atoms with Crippen LogP contribution < -0.4 is 19.6 Å². The van der Waals surface area contributed by atoms with E-state index in [1.54, 1.807) is 48.5 Å². The average Bonchev–Trinajstić information content (AvgIpc) is 2.84. The van der Waals surface area contributed by atoms with Crippen LogP contribution in [0.15, 0.2) is 77.9 Å². The first kappa shape index (κ1) is 22.9. The normalized spacial score (nSPS) is 10.5. The Morgan fingerprint density at radius 2 is 1.61 bits per heavy atom. The Hall–Kier alpha value is -4.73. The lowest BCUT2D eigenvalue weighted by Crippen LogP contribution is -2.24. The molecule has 10 nitrogen and oxygen atoms in total. The molecule has 3 aromatic carbocycles. The molecule has 0 aromatic heterocycles. The molecule has 0 fully saturated rings. The van der Waals surface area contributed by atoms with Gasteiger partial charge in [-0.2, -0.15) is 5.10 Å². The maximum Gasteiger partial charge on any atom is 0.343 e. The fourth-order valence-electron chi connectivity index (χ4n) is 2.65. The molecule has 0 saturated carbocycles. The molecule has 0 spiro atoms. The van der Waals surface area contributed by atoms with Crippen molar-refractivity contribution in [2.45, 2.75) is 0 Å². The smallest absolute Gasteiger partial charge is 0.343 e. The second kappa shape index (κ2) is 11.0. The molecule has 33 heavy (non-hydrogen) atoms. The number of amides is 1. The molecule has 0 saturated heterocycles. The highest BCUT2D eigenvalue weighted by atomic mass is 16.6. The fraction of sp³-hybridized carbons (Fsp3) is 0.0870. The summed E-state index contributed by atoms with van der Waals surface area (Å²) < 4.78 is 15.9. The van der Waals surface area contributed by atoms with Crippen LogP contribution in [0.25, 0.3) is 0 Å². The Kier molecular flexibility index (Phi) is 7.68. The van der Waals surface area contributed by atoms with Crippen LogP contribution in [-0.4, -0.2) is 36.7 Å². The van der Waals surface area contributed by atoms with Crippen molar-refractivity contribution in [3.63, 3.8) is 0 Å². The zero-order valence-corrected chi connectivity index (χ0v) is 17.5. The summed E-state index contributed by atoms with van der Waals surface area (Å²) in [6, 6.07) is 18.5. The highest BCUT2D eigenvalue weighted by molar-refractivity contribution is 5.93. The number of non-ortho nitro benzene ring substituents is 1. The third-order valence-corrected chi connectivity index (χ3v) is 4.26. The van der Waals surface area contributed by atoms with E-state index >= 15 is 0 Å². The Labute approximate surface area is 188 Å². The number of carbonyl (C=O) groups is 2. The third kappa shape index (κ3) is 6.37. The van der Waals surface area contributed by atoms with Gasteiger partial charge in [-0.3, -0.25) is 14.9 Å². The molecular formula is C23H19N3O7. The first-order chi connectivity index (χ1) is 16.0. The maximum atomic E-state index is 12.4. The van der Waals surface area contributed by atoms with Crippen LogP contribution in [0.4, 0.5) is 5.69 Å². The van der Waals surface area contributed by atoms with E-state index in [9.17, 15) is 19.7 Å². The van der Waals surface area contributed by atoms with Crippen molar-refractivity contribution in [1.82, 2.24) is 5.43 Å². The number of para-hydroxylation sites is 3. The lowest BCUT2D eigenvalue weighted by atomic mass is 10.2. The van der Waals surface area contributed by atoms with Gasteiger partial charge in [-0.25, -0.2) is 10.2 Å². The number of hydrogen-bond acceptors (Lipinski definition) is 8. The number of carbonyl (C=O) groups excluding carboxylic acids is 2. The van der Waals surface area contributed by atoms with Gasteiger partial charge in [0.15, 0.2) is 18.1 Å². The summed E-state index contributed by atoms with van der Waals surface area (Å²) in [6.45, 7) is -0.283. The van der Waals surface area contributed by atoms with Gasteiger partial charge in [-0.05, 0) is 36.4 Å². The number of esters is 1. The van der Waals surface area contributed by atoms with Gasteiger partial charge in [-0.1, -0.05) is 24.3 Å². The molecule has 0 heterocycles. The van der Waals surface area contributed by atoms with Crippen molar-refractivity contribution in [1.29, 1.82) is 0 Å². The second-order valence-electron chi connectivity index (χ2n) is 6.46. The molecule has 0 aliphatic heterocycles. The van der Waals surface area contributed by atoms with Gasteiger partial charge < -0.3 is 14.2 Å². The summed E-state index contributed by atoms with van der Waals surface area (Å²) in [5.74, 6) is -0.0816. The first-order valence-electron chi connectivity index (χ1n) is 9.61. The van der Waals surface area contributed by atoms with E-state index in [2.05, 4.69) is 10.5 Å². The summed E-state index contributed by atoms with van der Waals surface area (Å²) in [5, 5.41) is 14.6. The molecule has 3 aromatic rings. The van der Waals surface area contributed by atoms with Gasteiger partial charge in [0.2, 0.25) is 0 Å². The molecule has 0 aliphatic rings.